The molecule has 0 aliphatic rings. The van der Waals surface area contributed by atoms with Gasteiger partial charge in [-0.05, 0) is 6.07 Å². The van der Waals surface area contributed by atoms with Crippen LogP contribution < -0.4 is 16.3 Å². The van der Waals surface area contributed by atoms with Crippen LogP contribution in [0.15, 0.2) is 24.5 Å². The monoisotopic (exact) mass is 335 g/mol. The molecule has 0 amide bonds. The van der Waals surface area contributed by atoms with Crippen LogP contribution >= 0.6 is 0 Å². The summed E-state index contributed by atoms with van der Waals surface area (Å²) in [7, 11) is -9.33. The normalized spacial score (nSPS) is 9.80. The van der Waals surface area contributed by atoms with Gasteiger partial charge in [0.2, 0.25) is 10.3 Å². The molecule has 14 heteroatoms. The first-order chi connectivity index (χ1) is 8.30. The molecule has 0 bridgehead atoms. The Balaban J connectivity index is -0.000000230. The first-order valence-corrected chi connectivity index (χ1v) is 6.87. The van der Waals surface area contributed by atoms with Gasteiger partial charge in [0, 0.05) is 16.5 Å². The Kier molecular flexibility index (Phi) is 11.9. The van der Waals surface area contributed by atoms with Crippen molar-refractivity contribution in [2.45, 2.75) is 0 Å². The third-order valence-corrected chi connectivity index (χ3v) is 0.954. The lowest BCUT2D eigenvalue weighted by Gasteiger charge is -2.06. The standard InChI is InChI=1S/C6H5NO2.H3NO3S.H3N.H2O4S/c8-6(9)5-2-1-3-7-4-5;1-5(2,3)4;;1-5(2,3)4/h1-4H,(H,8,9);(H3,1,2,3,4);1H3;(H2,1,2,3,4). The number of aromatic amines is 1. The maximum absolute atomic E-state index is 10.2. The summed E-state index contributed by atoms with van der Waals surface area (Å²) in [6.45, 7) is 0. The minimum Gasteiger partial charge on any atom is -0.759 e. The van der Waals surface area contributed by atoms with E-state index in [4.69, 9.17) is 35.6 Å². The zero-order valence-electron chi connectivity index (χ0n) is 10.0. The number of carboxylic acid groups (broad SMARTS) is 1. The molecule has 0 saturated carbocycles. The third-order valence-electron chi connectivity index (χ3n) is 0.954. The zero-order valence-corrected chi connectivity index (χ0v) is 11.7. The second-order valence-corrected chi connectivity index (χ2v) is 4.50. The van der Waals surface area contributed by atoms with Crippen molar-refractivity contribution in [2.24, 2.45) is 0 Å². The molecule has 1 rings (SSSR count). The number of rotatable bonds is 1. The molecule has 9 N–H and O–H groups in total. The lowest BCUT2D eigenvalue weighted by molar-refractivity contribution is -0.378. The molecular weight excluding hydrogens is 322 g/mol. The molecule has 1 heterocycles. The van der Waals surface area contributed by atoms with Crippen LogP contribution in [0.3, 0.4) is 0 Å². The number of hydrogen-bond donors (Lipinski definition) is 3. The highest BCUT2D eigenvalue weighted by molar-refractivity contribution is 7.79. The quantitative estimate of drug-likeness (QED) is 0.346. The van der Waals surface area contributed by atoms with Gasteiger partial charge in [0.1, 0.15) is 5.56 Å². The maximum atomic E-state index is 10.2. The molecule has 12 nitrogen and oxygen atoms in total. The first kappa shape index (κ1) is 23.4. The van der Waals surface area contributed by atoms with E-state index in [1.807, 2.05) is 0 Å². The van der Waals surface area contributed by atoms with E-state index in [9.17, 15) is 4.79 Å². The van der Waals surface area contributed by atoms with Gasteiger partial charge in [0.15, 0.2) is 12.4 Å². The van der Waals surface area contributed by atoms with Crippen LogP contribution in [-0.4, -0.2) is 41.6 Å². The SMILES string of the molecule is O=C(O)c1ccc[nH+]c1.O=S(=O)([O-])[O-].[NH3+]S(=O)(=O)[O-].[NH4+]. The van der Waals surface area contributed by atoms with Gasteiger partial charge in [0.25, 0.3) is 0 Å². The molecular formula is C6H13N3O9S2. The van der Waals surface area contributed by atoms with Gasteiger partial charge in [0.05, 0.1) is 0 Å². The number of aromatic nitrogens is 1. The van der Waals surface area contributed by atoms with Crippen molar-refractivity contribution < 1.29 is 50.5 Å². The molecule has 118 valence electrons. The van der Waals surface area contributed by atoms with E-state index in [1.165, 1.54) is 12.3 Å². The fraction of sp³-hybridized carbons (Fsp3) is 0. The Morgan fingerprint density at radius 3 is 1.70 bits per heavy atom. The molecule has 0 spiro atoms. The second kappa shape index (κ2) is 10.1. The molecule has 0 aromatic carbocycles. The van der Waals surface area contributed by atoms with Crippen LogP contribution in [0.4, 0.5) is 0 Å². The third kappa shape index (κ3) is 36.0. The van der Waals surface area contributed by atoms with Crippen molar-refractivity contribution in [1.82, 2.24) is 6.15 Å². The predicted molar refractivity (Wildman–Crippen MR) is 59.0 cm³/mol. The highest BCUT2D eigenvalue weighted by Crippen LogP contribution is 1.90. The van der Waals surface area contributed by atoms with Crippen molar-refractivity contribution in [3.05, 3.63) is 30.1 Å². The summed E-state index contributed by atoms with van der Waals surface area (Å²) in [4.78, 5) is 12.8. The van der Waals surface area contributed by atoms with Gasteiger partial charge in [-0.3, -0.25) is 13.6 Å². The summed E-state index contributed by atoms with van der Waals surface area (Å²) < 4.78 is 61.0. The molecule has 20 heavy (non-hydrogen) atoms. The van der Waals surface area contributed by atoms with Crippen LogP contribution in [0.2, 0.25) is 0 Å². The summed E-state index contributed by atoms with van der Waals surface area (Å²) in [6.07, 6.45) is 3.09. The van der Waals surface area contributed by atoms with E-state index in [2.05, 4.69) is 10.1 Å². The van der Waals surface area contributed by atoms with Crippen molar-refractivity contribution in [1.29, 1.82) is 0 Å². The van der Waals surface area contributed by atoms with Crippen LogP contribution in [0.5, 0.6) is 0 Å². The van der Waals surface area contributed by atoms with E-state index in [-0.39, 0.29) is 11.7 Å². The van der Waals surface area contributed by atoms with Crippen molar-refractivity contribution in [3.8, 4) is 0 Å². The smallest absolute Gasteiger partial charge is 0.341 e. The number of quaternary nitrogens is 2. The summed E-state index contributed by atoms with van der Waals surface area (Å²) in [6, 6.07) is 3.17. The maximum Gasteiger partial charge on any atom is 0.341 e. The number of H-pyrrole nitrogens is 1. The number of aromatic carboxylic acids is 1. The average molecular weight is 335 g/mol. The van der Waals surface area contributed by atoms with Gasteiger partial charge in [-0.15, -0.1) is 0 Å². The Hall–Kier alpha value is -1.68. The molecule has 0 radical (unpaired) electrons. The first-order valence-electron chi connectivity index (χ1n) is 3.95. The molecule has 0 fully saturated rings. The fourth-order valence-corrected chi connectivity index (χ4v) is 0.526. The summed E-state index contributed by atoms with van der Waals surface area (Å²) >= 11 is 0. The number of nitrogens with one attached hydrogen (secondary N) is 1. The molecule has 1 aromatic heterocycles. The van der Waals surface area contributed by atoms with Crippen molar-refractivity contribution >= 4 is 26.7 Å². The summed E-state index contributed by atoms with van der Waals surface area (Å²) in [5.74, 6) is -0.910. The number of carbonyl (C=O) groups is 1. The molecule has 1 aromatic rings. The van der Waals surface area contributed by atoms with Gasteiger partial charge >= 0.3 is 5.97 Å². The minimum atomic E-state index is -5.17. The van der Waals surface area contributed by atoms with Crippen molar-refractivity contribution in [2.75, 3.05) is 0 Å². The topological polar surface area (TPSA) is 253 Å². The van der Waals surface area contributed by atoms with E-state index in [0.29, 0.717) is 0 Å². The van der Waals surface area contributed by atoms with Gasteiger partial charge in [-0.25, -0.2) is 9.78 Å². The number of carboxylic acids is 1. The largest absolute Gasteiger partial charge is 0.759 e. The van der Waals surface area contributed by atoms with Crippen LogP contribution in [-0.2, 0) is 20.7 Å². The van der Waals surface area contributed by atoms with E-state index in [1.54, 1.807) is 12.3 Å². The molecule has 0 saturated heterocycles. The van der Waals surface area contributed by atoms with Gasteiger partial charge in [-0.2, -0.15) is 8.42 Å². The summed E-state index contributed by atoms with van der Waals surface area (Å²) in [5, 5.41) is 10.6. The van der Waals surface area contributed by atoms with Gasteiger partial charge in [-0.1, -0.05) is 0 Å². The molecule has 0 aliphatic heterocycles. The fourth-order valence-electron chi connectivity index (χ4n) is 0.526. The van der Waals surface area contributed by atoms with E-state index in [0.717, 1.165) is 0 Å². The Morgan fingerprint density at radius 1 is 1.20 bits per heavy atom. The zero-order chi connectivity index (χ0) is 15.7. The molecule has 0 atom stereocenters. The lowest BCUT2D eigenvalue weighted by atomic mass is 10.3. The lowest BCUT2D eigenvalue weighted by Crippen LogP contribution is -2.55. The molecule has 0 aliphatic carbocycles. The predicted octanol–water partition coefficient (Wildman–Crippen LogP) is -3.07. The van der Waals surface area contributed by atoms with Crippen LogP contribution in [0.25, 0.3) is 0 Å². The highest BCUT2D eigenvalue weighted by Gasteiger charge is 2.01. The molecule has 0 unspecified atom stereocenters. The van der Waals surface area contributed by atoms with Gasteiger partial charge < -0.3 is 24.9 Å². The second-order valence-electron chi connectivity index (χ2n) is 2.56. The average Bonchev–Trinajstić information content (AvgIpc) is 2.13. The van der Waals surface area contributed by atoms with Crippen LogP contribution in [0, 0.1) is 0 Å². The number of hydrogen-bond acceptors (Lipinski definition) is 8. The Bertz CT molecular complexity index is 537. The van der Waals surface area contributed by atoms with E-state index >= 15 is 0 Å². The minimum absolute atomic E-state index is 0. The van der Waals surface area contributed by atoms with Crippen LogP contribution in [0.1, 0.15) is 10.4 Å². The van der Waals surface area contributed by atoms with E-state index < -0.39 is 26.7 Å². The van der Waals surface area contributed by atoms with Crippen molar-refractivity contribution in [3.63, 3.8) is 0 Å². The Labute approximate surface area is 114 Å². The number of pyridine rings is 1. The highest BCUT2D eigenvalue weighted by atomic mass is 32.3. The summed E-state index contributed by atoms with van der Waals surface area (Å²) in [5.41, 5.74) is 0.275. The Morgan fingerprint density at radius 2 is 1.55 bits per heavy atom.